The molecule has 0 heterocycles. The summed E-state index contributed by atoms with van der Waals surface area (Å²) in [5.74, 6) is 6.40. The van der Waals surface area contributed by atoms with Crippen molar-refractivity contribution in [2.24, 2.45) is 0 Å². The van der Waals surface area contributed by atoms with Crippen molar-refractivity contribution in [3.05, 3.63) is 24.3 Å². The van der Waals surface area contributed by atoms with E-state index >= 15 is 0 Å². The summed E-state index contributed by atoms with van der Waals surface area (Å²) in [5, 5.41) is 0. The van der Waals surface area contributed by atoms with Crippen LogP contribution >= 0.6 is 0 Å². The lowest BCUT2D eigenvalue weighted by Crippen LogP contribution is -2.23. The highest BCUT2D eigenvalue weighted by atomic mass is 15.1. The molecule has 0 saturated heterocycles. The van der Waals surface area contributed by atoms with Crippen molar-refractivity contribution in [2.45, 2.75) is 66.2 Å². The predicted molar refractivity (Wildman–Crippen MR) is 109 cm³/mol. The van der Waals surface area contributed by atoms with Crippen LogP contribution in [0.1, 0.15) is 66.2 Å². The first-order chi connectivity index (χ1) is 11.6. The Morgan fingerprint density at radius 3 is 1.25 bits per heavy atom. The maximum Gasteiger partial charge on any atom is -0.00189 e. The van der Waals surface area contributed by atoms with Crippen LogP contribution in [-0.4, -0.2) is 49.1 Å². The molecule has 0 aliphatic heterocycles. The van der Waals surface area contributed by atoms with Gasteiger partial charge in [0, 0.05) is 0 Å². The summed E-state index contributed by atoms with van der Waals surface area (Å²) in [6.45, 7) is 24.0. The van der Waals surface area contributed by atoms with Crippen LogP contribution in [0.3, 0.4) is 0 Å². The molecule has 0 aliphatic carbocycles. The minimum atomic E-state index is 1.02. The fourth-order valence-electron chi connectivity index (χ4n) is 2.73. The van der Waals surface area contributed by atoms with E-state index in [0.29, 0.717) is 0 Å². The van der Waals surface area contributed by atoms with E-state index in [1.807, 2.05) is 0 Å². The molecule has 0 radical (unpaired) electrons. The molecule has 0 unspecified atom stereocenters. The zero-order chi connectivity index (χ0) is 18.2. The molecule has 0 aromatic carbocycles. The van der Waals surface area contributed by atoms with Crippen LogP contribution in [0.2, 0.25) is 0 Å². The smallest absolute Gasteiger partial charge is 0.00189 e. The van der Waals surface area contributed by atoms with Gasteiger partial charge in [0.1, 0.15) is 0 Å². The van der Waals surface area contributed by atoms with E-state index in [4.69, 9.17) is 0 Å². The maximum atomic E-state index is 4.09. The van der Waals surface area contributed by atoms with Crippen molar-refractivity contribution < 1.29 is 0 Å². The summed E-state index contributed by atoms with van der Waals surface area (Å²) in [7, 11) is 0. The Balaban J connectivity index is 3.81. The van der Waals surface area contributed by atoms with Crippen LogP contribution in [-0.2, 0) is 0 Å². The minimum absolute atomic E-state index is 1.02. The maximum absolute atomic E-state index is 4.09. The molecule has 0 amide bonds. The van der Waals surface area contributed by atoms with Crippen LogP contribution in [0.25, 0.3) is 0 Å². The van der Waals surface area contributed by atoms with Crippen molar-refractivity contribution in [2.75, 3.05) is 39.3 Å². The SMILES string of the molecule is C=C(C#CC(=C)CCCCN(CC)CC)CCCCN(CC)CC. The van der Waals surface area contributed by atoms with Crippen molar-refractivity contribution >= 4 is 0 Å². The highest BCUT2D eigenvalue weighted by molar-refractivity contribution is 5.35. The standard InChI is InChI=1S/C22H40N2/c1-7-23(8-2)19-13-11-15-21(5)17-18-22(6)16-12-14-20-24(9-3)10-4/h5-16,19-20H2,1-4H3. The fourth-order valence-corrected chi connectivity index (χ4v) is 2.73. The summed E-state index contributed by atoms with van der Waals surface area (Å²) in [5.41, 5.74) is 2.11. The van der Waals surface area contributed by atoms with Gasteiger partial charge in [-0.15, -0.1) is 0 Å². The van der Waals surface area contributed by atoms with E-state index in [-0.39, 0.29) is 0 Å². The van der Waals surface area contributed by atoms with Gasteiger partial charge in [0.25, 0.3) is 0 Å². The van der Waals surface area contributed by atoms with Gasteiger partial charge in [0.05, 0.1) is 0 Å². The van der Waals surface area contributed by atoms with E-state index in [1.54, 1.807) is 0 Å². The average Bonchev–Trinajstić information content (AvgIpc) is 2.60. The number of unbranched alkanes of at least 4 members (excludes halogenated alkanes) is 2. The first kappa shape index (κ1) is 23.0. The summed E-state index contributed by atoms with van der Waals surface area (Å²) < 4.78 is 0. The van der Waals surface area contributed by atoms with Gasteiger partial charge < -0.3 is 9.80 Å². The number of allylic oxidation sites excluding steroid dienone is 2. The molecule has 0 bridgehead atoms. The zero-order valence-corrected chi connectivity index (χ0v) is 16.8. The monoisotopic (exact) mass is 332 g/mol. The minimum Gasteiger partial charge on any atom is -0.304 e. The molecule has 24 heavy (non-hydrogen) atoms. The molecule has 0 spiro atoms. The Morgan fingerprint density at radius 2 is 0.958 bits per heavy atom. The molecule has 0 rings (SSSR count). The van der Waals surface area contributed by atoms with Gasteiger partial charge in [0.2, 0.25) is 0 Å². The number of hydrogen-bond acceptors (Lipinski definition) is 2. The number of rotatable bonds is 14. The Bertz CT molecular complexity index is 356. The van der Waals surface area contributed by atoms with E-state index in [0.717, 1.165) is 50.2 Å². The van der Waals surface area contributed by atoms with E-state index in [2.05, 4.69) is 62.5 Å². The normalized spacial score (nSPS) is 10.8. The average molecular weight is 333 g/mol. The van der Waals surface area contributed by atoms with Gasteiger partial charge in [-0.2, -0.15) is 0 Å². The van der Waals surface area contributed by atoms with Gasteiger partial charge in [-0.1, -0.05) is 52.7 Å². The van der Waals surface area contributed by atoms with Gasteiger partial charge in [-0.05, 0) is 88.9 Å². The van der Waals surface area contributed by atoms with Crippen molar-refractivity contribution in [3.8, 4) is 11.8 Å². The molecule has 0 aliphatic rings. The summed E-state index contributed by atoms with van der Waals surface area (Å²) in [6, 6.07) is 0. The molecule has 2 nitrogen and oxygen atoms in total. The zero-order valence-electron chi connectivity index (χ0n) is 16.8. The van der Waals surface area contributed by atoms with Crippen LogP contribution in [0, 0.1) is 11.8 Å². The number of nitrogens with zero attached hydrogens (tertiary/aromatic N) is 2. The van der Waals surface area contributed by atoms with Crippen LogP contribution < -0.4 is 0 Å². The third-order valence-electron chi connectivity index (χ3n) is 4.61. The second-order valence-corrected chi connectivity index (χ2v) is 6.43. The molecule has 138 valence electrons. The Morgan fingerprint density at radius 1 is 0.625 bits per heavy atom. The highest BCUT2D eigenvalue weighted by Gasteiger charge is 2.00. The highest BCUT2D eigenvalue weighted by Crippen LogP contribution is 2.08. The Kier molecular flexibility index (Phi) is 14.8. The summed E-state index contributed by atoms with van der Waals surface area (Å²) in [4.78, 5) is 4.93. The second-order valence-electron chi connectivity index (χ2n) is 6.43. The lowest BCUT2D eigenvalue weighted by molar-refractivity contribution is 0.297. The quantitative estimate of drug-likeness (QED) is 0.321. The molecule has 0 N–H and O–H groups in total. The van der Waals surface area contributed by atoms with Crippen LogP contribution in [0.4, 0.5) is 0 Å². The lowest BCUT2D eigenvalue weighted by Gasteiger charge is -2.17. The van der Waals surface area contributed by atoms with Gasteiger partial charge >= 0.3 is 0 Å². The molecular weight excluding hydrogens is 292 g/mol. The van der Waals surface area contributed by atoms with Gasteiger partial charge in [-0.3, -0.25) is 0 Å². The lowest BCUT2D eigenvalue weighted by atomic mass is 10.1. The molecule has 0 saturated carbocycles. The van der Waals surface area contributed by atoms with E-state index in [1.165, 1.54) is 38.8 Å². The number of hydrogen-bond donors (Lipinski definition) is 0. The van der Waals surface area contributed by atoms with Gasteiger partial charge in [-0.25, -0.2) is 0 Å². The van der Waals surface area contributed by atoms with Crippen molar-refractivity contribution in [1.29, 1.82) is 0 Å². The Hall–Kier alpha value is -1.04. The molecule has 0 atom stereocenters. The van der Waals surface area contributed by atoms with Gasteiger partial charge in [0.15, 0.2) is 0 Å². The van der Waals surface area contributed by atoms with Crippen molar-refractivity contribution in [1.82, 2.24) is 9.80 Å². The molecular formula is C22H40N2. The molecule has 0 fully saturated rings. The third kappa shape index (κ3) is 12.4. The topological polar surface area (TPSA) is 6.48 Å². The van der Waals surface area contributed by atoms with Crippen LogP contribution in [0.15, 0.2) is 24.3 Å². The third-order valence-corrected chi connectivity index (χ3v) is 4.61. The fraction of sp³-hybridized carbons (Fsp3) is 0.727. The summed E-state index contributed by atoms with van der Waals surface area (Å²) in [6.07, 6.45) is 6.86. The van der Waals surface area contributed by atoms with Crippen molar-refractivity contribution in [3.63, 3.8) is 0 Å². The summed E-state index contributed by atoms with van der Waals surface area (Å²) >= 11 is 0. The first-order valence-electron chi connectivity index (χ1n) is 9.89. The Labute approximate surface area is 152 Å². The predicted octanol–water partition coefficient (Wildman–Crippen LogP) is 5.13. The molecule has 0 aromatic rings. The molecule has 2 heteroatoms. The van der Waals surface area contributed by atoms with Crippen LogP contribution in [0.5, 0.6) is 0 Å². The van der Waals surface area contributed by atoms with E-state index < -0.39 is 0 Å². The molecule has 0 aromatic heterocycles. The first-order valence-corrected chi connectivity index (χ1v) is 9.89. The van der Waals surface area contributed by atoms with E-state index in [9.17, 15) is 0 Å². The largest absolute Gasteiger partial charge is 0.304 e. The second kappa shape index (κ2) is 15.5.